The molecule has 1 heterocycles. The van der Waals surface area contributed by atoms with Gasteiger partial charge in [-0.2, -0.15) is 0 Å². The number of carbonyl (C=O) groups excluding carboxylic acids is 1. The number of hydrogen-bond acceptors (Lipinski definition) is 4. The van der Waals surface area contributed by atoms with Gasteiger partial charge in [-0.05, 0) is 12.8 Å². The minimum atomic E-state index is -0.904. The molecule has 0 aliphatic carbocycles. The van der Waals surface area contributed by atoms with Crippen LogP contribution in [0.15, 0.2) is 0 Å². The zero-order valence-corrected chi connectivity index (χ0v) is 11.8. The van der Waals surface area contributed by atoms with Crippen molar-refractivity contribution in [2.45, 2.75) is 26.3 Å². The molecule has 19 heavy (non-hydrogen) atoms. The van der Waals surface area contributed by atoms with Gasteiger partial charge in [-0.25, -0.2) is 0 Å². The summed E-state index contributed by atoms with van der Waals surface area (Å²) in [5.74, 6) is -1.44. The van der Waals surface area contributed by atoms with E-state index in [0.29, 0.717) is 26.2 Å². The lowest BCUT2D eigenvalue weighted by Crippen LogP contribution is -2.46. The Kier molecular flexibility index (Phi) is 6.24. The number of likely N-dealkylation sites (N-methyl/N-ethyl adjacent to an activating group) is 1. The van der Waals surface area contributed by atoms with Gasteiger partial charge in [0.05, 0.1) is 19.3 Å². The molecule has 0 saturated carbocycles. The number of amides is 1. The predicted molar refractivity (Wildman–Crippen MR) is 68.8 cm³/mol. The Morgan fingerprint density at radius 2 is 2.16 bits per heavy atom. The van der Waals surface area contributed by atoms with Gasteiger partial charge < -0.3 is 19.5 Å². The van der Waals surface area contributed by atoms with Crippen LogP contribution < -0.4 is 0 Å². The molecule has 3 atom stereocenters. The van der Waals surface area contributed by atoms with Crippen LogP contribution in [0.1, 0.15) is 20.3 Å². The molecule has 0 aromatic heterocycles. The molecule has 0 aromatic carbocycles. The molecule has 110 valence electrons. The summed E-state index contributed by atoms with van der Waals surface area (Å²) >= 11 is 0. The van der Waals surface area contributed by atoms with Gasteiger partial charge in [0.25, 0.3) is 0 Å². The van der Waals surface area contributed by atoms with Gasteiger partial charge in [0.15, 0.2) is 0 Å². The van der Waals surface area contributed by atoms with Crippen LogP contribution in [0.4, 0.5) is 0 Å². The summed E-state index contributed by atoms with van der Waals surface area (Å²) in [5.41, 5.74) is 0. The molecular weight excluding hydrogens is 250 g/mol. The maximum atomic E-state index is 12.2. The van der Waals surface area contributed by atoms with E-state index in [0.717, 1.165) is 0 Å². The molecule has 1 aliphatic heterocycles. The number of hydrogen-bond donors (Lipinski definition) is 1. The van der Waals surface area contributed by atoms with E-state index >= 15 is 0 Å². The number of carboxylic acid groups (broad SMARTS) is 1. The van der Waals surface area contributed by atoms with Gasteiger partial charge in [0.2, 0.25) is 5.91 Å². The first-order chi connectivity index (χ1) is 9.01. The highest BCUT2D eigenvalue weighted by Crippen LogP contribution is 2.21. The fourth-order valence-corrected chi connectivity index (χ4v) is 2.44. The van der Waals surface area contributed by atoms with E-state index < -0.39 is 11.9 Å². The van der Waals surface area contributed by atoms with Crippen LogP contribution in [0.3, 0.4) is 0 Å². The number of carboxylic acids is 1. The van der Waals surface area contributed by atoms with Crippen LogP contribution >= 0.6 is 0 Å². The molecule has 0 bridgehead atoms. The molecule has 0 radical (unpaired) electrons. The molecule has 1 amide bonds. The number of methoxy groups -OCH3 is 1. The van der Waals surface area contributed by atoms with Crippen LogP contribution in [0.5, 0.6) is 0 Å². The normalized spacial score (nSPS) is 24.2. The second-order valence-electron chi connectivity index (χ2n) is 4.99. The lowest BCUT2D eigenvalue weighted by Gasteiger charge is -2.30. The van der Waals surface area contributed by atoms with E-state index in [4.69, 9.17) is 14.6 Å². The Bertz CT molecular complexity index is 320. The van der Waals surface area contributed by atoms with E-state index in [1.54, 1.807) is 12.0 Å². The zero-order valence-electron chi connectivity index (χ0n) is 11.8. The van der Waals surface area contributed by atoms with Gasteiger partial charge >= 0.3 is 5.97 Å². The van der Waals surface area contributed by atoms with Crippen LogP contribution in [-0.4, -0.2) is 61.4 Å². The quantitative estimate of drug-likeness (QED) is 0.735. The topological polar surface area (TPSA) is 76.1 Å². The van der Waals surface area contributed by atoms with Crippen LogP contribution in [0, 0.1) is 11.8 Å². The number of ether oxygens (including phenoxy) is 2. The molecule has 3 unspecified atom stereocenters. The third kappa shape index (κ3) is 4.18. The fourth-order valence-electron chi connectivity index (χ4n) is 2.44. The SMILES string of the molecule is CCN(C(=O)CC(C)COC)C1COCC1C(=O)O. The van der Waals surface area contributed by atoms with Crippen molar-refractivity contribution in [3.05, 3.63) is 0 Å². The average Bonchev–Trinajstić information content (AvgIpc) is 2.79. The van der Waals surface area contributed by atoms with Crippen molar-refractivity contribution in [2.75, 3.05) is 33.5 Å². The third-order valence-corrected chi connectivity index (χ3v) is 3.40. The number of rotatable bonds is 7. The van der Waals surface area contributed by atoms with Crippen molar-refractivity contribution >= 4 is 11.9 Å². The smallest absolute Gasteiger partial charge is 0.311 e. The zero-order chi connectivity index (χ0) is 14.4. The lowest BCUT2D eigenvalue weighted by molar-refractivity contribution is -0.145. The molecular formula is C13H23NO5. The van der Waals surface area contributed by atoms with Crippen molar-refractivity contribution in [3.63, 3.8) is 0 Å². The monoisotopic (exact) mass is 273 g/mol. The van der Waals surface area contributed by atoms with E-state index in [2.05, 4.69) is 0 Å². The minimum absolute atomic E-state index is 0.0335. The highest BCUT2D eigenvalue weighted by Gasteiger charge is 2.39. The Morgan fingerprint density at radius 1 is 1.47 bits per heavy atom. The Hall–Kier alpha value is -1.14. The minimum Gasteiger partial charge on any atom is -0.481 e. The summed E-state index contributed by atoms with van der Waals surface area (Å²) in [7, 11) is 1.60. The Morgan fingerprint density at radius 3 is 2.68 bits per heavy atom. The van der Waals surface area contributed by atoms with Crippen LogP contribution in [0.25, 0.3) is 0 Å². The highest BCUT2D eigenvalue weighted by atomic mass is 16.5. The standard InChI is InChI=1S/C13H23NO5/c1-4-14(12(15)5-9(2)6-18-3)11-8-19-7-10(11)13(16)17/h9-11H,4-8H2,1-3H3,(H,16,17). The van der Waals surface area contributed by atoms with Crippen molar-refractivity contribution in [3.8, 4) is 0 Å². The molecule has 1 saturated heterocycles. The molecule has 1 N–H and O–H groups in total. The Labute approximate surface area is 113 Å². The molecule has 0 aromatic rings. The molecule has 1 rings (SSSR count). The fraction of sp³-hybridized carbons (Fsp3) is 0.846. The number of nitrogens with zero attached hydrogens (tertiary/aromatic N) is 1. The Balaban J connectivity index is 2.66. The van der Waals surface area contributed by atoms with E-state index in [-0.39, 0.29) is 24.5 Å². The van der Waals surface area contributed by atoms with Gasteiger partial charge in [0.1, 0.15) is 5.92 Å². The van der Waals surface area contributed by atoms with Gasteiger partial charge in [-0.1, -0.05) is 6.92 Å². The van der Waals surface area contributed by atoms with Gasteiger partial charge in [0, 0.05) is 26.7 Å². The number of aliphatic carboxylic acids is 1. The first-order valence-corrected chi connectivity index (χ1v) is 6.60. The van der Waals surface area contributed by atoms with Crippen molar-refractivity contribution in [1.29, 1.82) is 0 Å². The second kappa shape index (κ2) is 7.45. The van der Waals surface area contributed by atoms with Gasteiger partial charge in [-0.15, -0.1) is 0 Å². The average molecular weight is 273 g/mol. The predicted octanol–water partition coefficient (Wildman–Crippen LogP) is 0.607. The number of carbonyl (C=O) groups is 2. The highest BCUT2D eigenvalue weighted by molar-refractivity contribution is 5.78. The van der Waals surface area contributed by atoms with Crippen molar-refractivity contribution in [2.24, 2.45) is 11.8 Å². The first kappa shape index (κ1) is 15.9. The summed E-state index contributed by atoms with van der Waals surface area (Å²) < 4.78 is 10.2. The largest absolute Gasteiger partial charge is 0.481 e. The van der Waals surface area contributed by atoms with E-state index in [9.17, 15) is 9.59 Å². The molecule has 1 aliphatic rings. The second-order valence-corrected chi connectivity index (χ2v) is 4.99. The lowest BCUT2D eigenvalue weighted by atomic mass is 10.0. The van der Waals surface area contributed by atoms with Crippen LogP contribution in [0.2, 0.25) is 0 Å². The summed E-state index contributed by atoms with van der Waals surface area (Å²) in [4.78, 5) is 25.0. The van der Waals surface area contributed by atoms with Gasteiger partial charge in [-0.3, -0.25) is 9.59 Å². The summed E-state index contributed by atoms with van der Waals surface area (Å²) in [6.45, 7) is 5.29. The van der Waals surface area contributed by atoms with Crippen molar-refractivity contribution in [1.82, 2.24) is 4.90 Å². The van der Waals surface area contributed by atoms with E-state index in [1.807, 2.05) is 13.8 Å². The molecule has 6 heteroatoms. The summed E-state index contributed by atoms with van der Waals surface area (Å²) in [5, 5.41) is 9.14. The molecule has 1 fully saturated rings. The van der Waals surface area contributed by atoms with E-state index in [1.165, 1.54) is 0 Å². The summed E-state index contributed by atoms with van der Waals surface area (Å²) in [6.07, 6.45) is 0.366. The summed E-state index contributed by atoms with van der Waals surface area (Å²) in [6, 6.07) is -0.357. The maximum Gasteiger partial charge on any atom is 0.311 e. The van der Waals surface area contributed by atoms with Crippen LogP contribution in [-0.2, 0) is 19.1 Å². The molecule has 6 nitrogen and oxygen atoms in total. The molecule has 0 spiro atoms. The maximum absolute atomic E-state index is 12.2. The van der Waals surface area contributed by atoms with Crippen molar-refractivity contribution < 1.29 is 24.2 Å². The third-order valence-electron chi connectivity index (χ3n) is 3.40. The first-order valence-electron chi connectivity index (χ1n) is 6.60.